The molecule has 0 unspecified atom stereocenters. The SMILES string of the molecule is O=C(NCC(=O)N1CCCCC1)c1ncccc1O. The van der Waals surface area contributed by atoms with E-state index < -0.39 is 5.91 Å². The Morgan fingerprint density at radius 3 is 2.74 bits per heavy atom. The quantitative estimate of drug-likeness (QED) is 0.833. The molecule has 1 saturated heterocycles. The van der Waals surface area contributed by atoms with E-state index in [1.165, 1.54) is 18.3 Å². The molecule has 0 bridgehead atoms. The van der Waals surface area contributed by atoms with Gasteiger partial charge in [-0.25, -0.2) is 4.98 Å². The largest absolute Gasteiger partial charge is 0.505 e. The van der Waals surface area contributed by atoms with Crippen molar-refractivity contribution in [3.63, 3.8) is 0 Å². The van der Waals surface area contributed by atoms with Gasteiger partial charge in [0.25, 0.3) is 5.91 Å². The van der Waals surface area contributed by atoms with Crippen molar-refractivity contribution in [2.75, 3.05) is 19.6 Å². The molecule has 1 aromatic heterocycles. The third kappa shape index (κ3) is 3.43. The third-order valence-corrected chi connectivity index (χ3v) is 3.11. The number of piperidine rings is 1. The van der Waals surface area contributed by atoms with Crippen LogP contribution in [0.1, 0.15) is 29.8 Å². The summed E-state index contributed by atoms with van der Waals surface area (Å²) in [6.07, 6.45) is 4.60. The van der Waals surface area contributed by atoms with Gasteiger partial charge in [-0.2, -0.15) is 0 Å². The van der Waals surface area contributed by atoms with Crippen molar-refractivity contribution >= 4 is 11.8 Å². The summed E-state index contributed by atoms with van der Waals surface area (Å²) >= 11 is 0. The maximum absolute atomic E-state index is 11.8. The van der Waals surface area contributed by atoms with Crippen LogP contribution in [0.5, 0.6) is 5.75 Å². The van der Waals surface area contributed by atoms with Crippen LogP contribution >= 0.6 is 0 Å². The number of aromatic hydroxyl groups is 1. The number of nitrogens with zero attached hydrogens (tertiary/aromatic N) is 2. The molecule has 0 aliphatic carbocycles. The van der Waals surface area contributed by atoms with E-state index >= 15 is 0 Å². The Morgan fingerprint density at radius 2 is 2.05 bits per heavy atom. The van der Waals surface area contributed by atoms with Crippen LogP contribution < -0.4 is 5.32 Å². The number of amides is 2. The fraction of sp³-hybridized carbons (Fsp3) is 0.462. The molecule has 1 fully saturated rings. The van der Waals surface area contributed by atoms with Gasteiger partial charge in [0, 0.05) is 19.3 Å². The first-order valence-corrected chi connectivity index (χ1v) is 6.38. The summed E-state index contributed by atoms with van der Waals surface area (Å²) < 4.78 is 0. The highest BCUT2D eigenvalue weighted by molar-refractivity contribution is 5.96. The van der Waals surface area contributed by atoms with E-state index in [0.717, 1.165) is 32.4 Å². The number of nitrogens with one attached hydrogen (secondary N) is 1. The molecule has 0 spiro atoms. The van der Waals surface area contributed by atoms with Gasteiger partial charge in [-0.3, -0.25) is 9.59 Å². The Labute approximate surface area is 111 Å². The Morgan fingerprint density at radius 1 is 1.32 bits per heavy atom. The molecular formula is C13H17N3O3. The van der Waals surface area contributed by atoms with Crippen LogP contribution in [0.2, 0.25) is 0 Å². The van der Waals surface area contributed by atoms with Crippen LogP contribution in [0.15, 0.2) is 18.3 Å². The molecule has 0 radical (unpaired) electrons. The third-order valence-electron chi connectivity index (χ3n) is 3.11. The monoisotopic (exact) mass is 263 g/mol. The van der Waals surface area contributed by atoms with Crippen LogP contribution in [0.3, 0.4) is 0 Å². The summed E-state index contributed by atoms with van der Waals surface area (Å²) in [5, 5.41) is 12.0. The van der Waals surface area contributed by atoms with Crippen LogP contribution in [-0.2, 0) is 4.79 Å². The van der Waals surface area contributed by atoms with E-state index in [4.69, 9.17) is 0 Å². The molecule has 19 heavy (non-hydrogen) atoms. The molecule has 6 nitrogen and oxygen atoms in total. The van der Waals surface area contributed by atoms with Gasteiger partial charge in [0.05, 0.1) is 6.54 Å². The minimum absolute atomic E-state index is 0.0607. The average Bonchev–Trinajstić information content (AvgIpc) is 2.46. The Kier molecular flexibility index (Phi) is 4.33. The number of likely N-dealkylation sites (tertiary alicyclic amines) is 1. The Bertz CT molecular complexity index is 470. The zero-order valence-electron chi connectivity index (χ0n) is 10.6. The lowest BCUT2D eigenvalue weighted by Gasteiger charge is -2.26. The van der Waals surface area contributed by atoms with Crippen LogP contribution in [0.4, 0.5) is 0 Å². The van der Waals surface area contributed by atoms with Crippen molar-refractivity contribution in [2.45, 2.75) is 19.3 Å². The molecular weight excluding hydrogens is 246 g/mol. The van der Waals surface area contributed by atoms with Crippen molar-refractivity contribution < 1.29 is 14.7 Å². The molecule has 2 amide bonds. The highest BCUT2D eigenvalue weighted by atomic mass is 16.3. The topological polar surface area (TPSA) is 82.5 Å². The standard InChI is InChI=1S/C13H17N3O3/c17-10-5-4-6-14-12(10)13(19)15-9-11(18)16-7-2-1-3-8-16/h4-6,17H,1-3,7-9H2,(H,15,19). The fourth-order valence-corrected chi connectivity index (χ4v) is 2.07. The van der Waals surface area contributed by atoms with E-state index in [1.54, 1.807) is 4.90 Å². The summed E-state index contributed by atoms with van der Waals surface area (Å²) in [4.78, 5) is 29.1. The van der Waals surface area contributed by atoms with Crippen molar-refractivity contribution in [2.24, 2.45) is 0 Å². The number of carbonyl (C=O) groups is 2. The number of rotatable bonds is 3. The number of aromatic nitrogens is 1. The number of pyridine rings is 1. The van der Waals surface area contributed by atoms with Crippen molar-refractivity contribution in [3.8, 4) is 5.75 Å². The predicted molar refractivity (Wildman–Crippen MR) is 68.7 cm³/mol. The Balaban J connectivity index is 1.86. The van der Waals surface area contributed by atoms with Gasteiger partial charge in [-0.15, -0.1) is 0 Å². The molecule has 0 aromatic carbocycles. The molecule has 6 heteroatoms. The fourth-order valence-electron chi connectivity index (χ4n) is 2.07. The molecule has 2 N–H and O–H groups in total. The average molecular weight is 263 g/mol. The first-order valence-electron chi connectivity index (χ1n) is 6.38. The van der Waals surface area contributed by atoms with Gasteiger partial charge in [0.15, 0.2) is 5.69 Å². The highest BCUT2D eigenvalue weighted by Crippen LogP contribution is 2.12. The number of hydrogen-bond acceptors (Lipinski definition) is 4. The van der Waals surface area contributed by atoms with E-state index in [0.29, 0.717) is 0 Å². The maximum Gasteiger partial charge on any atom is 0.274 e. The summed E-state index contributed by atoms with van der Waals surface area (Å²) in [6.45, 7) is 1.45. The van der Waals surface area contributed by atoms with Gasteiger partial charge in [-0.1, -0.05) is 0 Å². The zero-order chi connectivity index (χ0) is 13.7. The molecule has 1 aliphatic heterocycles. The normalized spacial score (nSPS) is 15.1. The first kappa shape index (κ1) is 13.3. The highest BCUT2D eigenvalue weighted by Gasteiger charge is 2.18. The molecule has 0 atom stereocenters. The van der Waals surface area contributed by atoms with Gasteiger partial charge in [-0.05, 0) is 31.4 Å². The van der Waals surface area contributed by atoms with Crippen LogP contribution in [0.25, 0.3) is 0 Å². The molecule has 1 aromatic rings. The summed E-state index contributed by atoms with van der Waals surface area (Å²) in [5.41, 5.74) is -0.0612. The second kappa shape index (κ2) is 6.17. The van der Waals surface area contributed by atoms with Gasteiger partial charge in [0.2, 0.25) is 5.91 Å². The van der Waals surface area contributed by atoms with E-state index in [9.17, 15) is 14.7 Å². The predicted octanol–water partition coefficient (Wildman–Crippen LogP) is 0.529. The molecule has 102 valence electrons. The lowest BCUT2D eigenvalue weighted by Crippen LogP contribution is -2.42. The van der Waals surface area contributed by atoms with Crippen LogP contribution in [-0.4, -0.2) is 46.4 Å². The second-order valence-corrected chi connectivity index (χ2v) is 4.50. The first-order chi connectivity index (χ1) is 9.18. The molecule has 2 rings (SSSR count). The molecule has 1 aliphatic rings. The van der Waals surface area contributed by atoms with Gasteiger partial charge < -0.3 is 15.3 Å². The number of carbonyl (C=O) groups excluding carboxylic acids is 2. The van der Waals surface area contributed by atoms with Crippen molar-refractivity contribution in [1.82, 2.24) is 15.2 Å². The van der Waals surface area contributed by atoms with E-state index in [2.05, 4.69) is 10.3 Å². The lowest BCUT2D eigenvalue weighted by molar-refractivity contribution is -0.130. The molecule has 2 heterocycles. The van der Waals surface area contributed by atoms with E-state index in [-0.39, 0.29) is 23.9 Å². The minimum atomic E-state index is -0.538. The minimum Gasteiger partial charge on any atom is -0.505 e. The lowest BCUT2D eigenvalue weighted by atomic mass is 10.1. The smallest absolute Gasteiger partial charge is 0.274 e. The Hall–Kier alpha value is -2.11. The van der Waals surface area contributed by atoms with Crippen LogP contribution in [0, 0.1) is 0 Å². The summed E-state index contributed by atoms with van der Waals surface area (Å²) in [7, 11) is 0. The van der Waals surface area contributed by atoms with Gasteiger partial charge in [0.1, 0.15) is 5.75 Å². The summed E-state index contributed by atoms with van der Waals surface area (Å²) in [5.74, 6) is -0.822. The maximum atomic E-state index is 11.8. The van der Waals surface area contributed by atoms with Crippen molar-refractivity contribution in [3.05, 3.63) is 24.0 Å². The van der Waals surface area contributed by atoms with E-state index in [1.807, 2.05) is 0 Å². The summed E-state index contributed by atoms with van der Waals surface area (Å²) in [6, 6.07) is 2.92. The van der Waals surface area contributed by atoms with Crippen molar-refractivity contribution in [1.29, 1.82) is 0 Å². The number of hydrogen-bond donors (Lipinski definition) is 2. The van der Waals surface area contributed by atoms with Gasteiger partial charge >= 0.3 is 0 Å². The second-order valence-electron chi connectivity index (χ2n) is 4.50. The molecule has 0 saturated carbocycles. The zero-order valence-corrected chi connectivity index (χ0v) is 10.6.